The van der Waals surface area contributed by atoms with Crippen molar-refractivity contribution in [3.63, 3.8) is 0 Å². The van der Waals surface area contributed by atoms with E-state index in [1.165, 1.54) is 30.3 Å². The zero-order valence-electron chi connectivity index (χ0n) is 15.3. The van der Waals surface area contributed by atoms with Gasteiger partial charge in [-0.3, -0.25) is 9.69 Å². The average molecular weight is 372 g/mol. The first-order chi connectivity index (χ1) is 11.8. The van der Waals surface area contributed by atoms with E-state index in [0.717, 1.165) is 25.1 Å². The van der Waals surface area contributed by atoms with Crippen LogP contribution in [0.2, 0.25) is 0 Å². The minimum atomic E-state index is -3.22. The number of hydrogen-bond donors (Lipinski definition) is 1. The van der Waals surface area contributed by atoms with Gasteiger partial charge in [0.1, 0.15) is 11.5 Å². The first-order valence-corrected chi connectivity index (χ1v) is 10.6. The van der Waals surface area contributed by atoms with Crippen LogP contribution in [-0.4, -0.2) is 56.0 Å². The van der Waals surface area contributed by atoms with E-state index in [1.54, 1.807) is 7.05 Å². The molecule has 1 aliphatic heterocycles. The largest absolute Gasteiger partial charge is 0.463 e. The minimum absolute atomic E-state index is 0.00744. The topological polar surface area (TPSA) is 82.9 Å². The zero-order chi connectivity index (χ0) is 18.4. The predicted octanol–water partition coefficient (Wildman–Crippen LogP) is 1.55. The second kappa shape index (κ2) is 8.82. The first-order valence-electron chi connectivity index (χ1n) is 8.73. The number of carbonyl (C=O) groups is 1. The molecule has 1 N–H and O–H groups in total. The van der Waals surface area contributed by atoms with Crippen LogP contribution in [0, 0.1) is 0 Å². The summed E-state index contributed by atoms with van der Waals surface area (Å²) in [6.45, 7) is 4.21. The summed E-state index contributed by atoms with van der Waals surface area (Å²) in [5.41, 5.74) is 0. The van der Waals surface area contributed by atoms with Gasteiger partial charge >= 0.3 is 0 Å². The van der Waals surface area contributed by atoms with Crippen LogP contribution in [0.4, 0.5) is 0 Å². The molecule has 1 aromatic heterocycles. The number of nitrogens with one attached hydrogen (secondary N) is 1. The summed E-state index contributed by atoms with van der Waals surface area (Å²) in [6.07, 6.45) is 5.63. The number of rotatable bonds is 8. The van der Waals surface area contributed by atoms with Gasteiger partial charge in [-0.1, -0.05) is 6.42 Å². The van der Waals surface area contributed by atoms with E-state index in [2.05, 4.69) is 10.2 Å². The number of hydrogen-bond acceptors (Lipinski definition) is 5. The van der Waals surface area contributed by atoms with E-state index in [0.29, 0.717) is 24.9 Å². The van der Waals surface area contributed by atoms with Gasteiger partial charge in [0.25, 0.3) is 0 Å². The Morgan fingerprint density at radius 3 is 2.76 bits per heavy atom. The van der Waals surface area contributed by atoms with Crippen LogP contribution in [0.5, 0.6) is 0 Å². The Kier molecular flexibility index (Phi) is 7.04. The van der Waals surface area contributed by atoms with E-state index < -0.39 is 10.0 Å². The van der Waals surface area contributed by atoms with Gasteiger partial charge in [0, 0.05) is 26.6 Å². The summed E-state index contributed by atoms with van der Waals surface area (Å²) in [5, 5.41) is 2.87. The molecule has 142 valence electrons. The van der Waals surface area contributed by atoms with Gasteiger partial charge in [0.05, 0.1) is 19.3 Å². The Morgan fingerprint density at radius 2 is 2.08 bits per heavy atom. The number of sulfonamides is 1. The lowest BCUT2D eigenvalue weighted by Crippen LogP contribution is -2.40. The first kappa shape index (κ1) is 19.9. The van der Waals surface area contributed by atoms with Gasteiger partial charge in [0.15, 0.2) is 0 Å². The fourth-order valence-electron chi connectivity index (χ4n) is 3.14. The van der Waals surface area contributed by atoms with Crippen LogP contribution in [0.25, 0.3) is 0 Å². The molecule has 0 aliphatic carbocycles. The number of piperidine rings is 1. The monoisotopic (exact) mass is 371 g/mol. The average Bonchev–Trinajstić information content (AvgIpc) is 2.95. The molecule has 0 unspecified atom stereocenters. The highest BCUT2D eigenvalue weighted by atomic mass is 32.2. The molecule has 1 atom stereocenters. The standard InChI is InChI=1S/C17H29N3O4S/c1-14(21)18-10-9-15-6-4-5-11-20(15)13-17-8-7-16(24-17)12-19(2)25(3,22)23/h7-8,15H,4-6,9-13H2,1-3H3,(H,18,21)/t15-/m0/s1. The second-order valence-electron chi connectivity index (χ2n) is 6.78. The molecule has 7 nitrogen and oxygen atoms in total. The molecular formula is C17H29N3O4S. The maximum atomic E-state index is 11.5. The third-order valence-corrected chi connectivity index (χ3v) is 5.88. The molecule has 1 aliphatic rings. The van der Waals surface area contributed by atoms with Gasteiger partial charge in [-0.2, -0.15) is 4.31 Å². The van der Waals surface area contributed by atoms with Crippen molar-refractivity contribution in [3.8, 4) is 0 Å². The summed E-state index contributed by atoms with van der Waals surface area (Å²) < 4.78 is 30.1. The lowest BCUT2D eigenvalue weighted by molar-refractivity contribution is -0.119. The molecule has 1 fully saturated rings. The fraction of sp³-hybridized carbons (Fsp3) is 0.706. The lowest BCUT2D eigenvalue weighted by atomic mass is 9.99. The van der Waals surface area contributed by atoms with Gasteiger partial charge in [-0.15, -0.1) is 0 Å². The fourth-order valence-corrected chi connectivity index (χ4v) is 3.50. The maximum Gasteiger partial charge on any atom is 0.216 e. The summed E-state index contributed by atoms with van der Waals surface area (Å²) in [4.78, 5) is 13.4. The van der Waals surface area contributed by atoms with Crippen molar-refractivity contribution < 1.29 is 17.6 Å². The van der Waals surface area contributed by atoms with Crippen molar-refractivity contribution in [1.82, 2.24) is 14.5 Å². The quantitative estimate of drug-likeness (QED) is 0.750. The Bertz CT molecular complexity index is 671. The van der Waals surface area contributed by atoms with Crippen LogP contribution in [0.3, 0.4) is 0 Å². The van der Waals surface area contributed by atoms with Crippen LogP contribution in [-0.2, 0) is 27.9 Å². The van der Waals surface area contributed by atoms with Crippen molar-refractivity contribution in [2.45, 2.75) is 51.7 Å². The Morgan fingerprint density at radius 1 is 1.36 bits per heavy atom. The molecule has 2 rings (SSSR count). The summed E-state index contributed by atoms with van der Waals surface area (Å²) in [5.74, 6) is 1.51. The highest BCUT2D eigenvalue weighted by Crippen LogP contribution is 2.23. The molecule has 1 saturated heterocycles. The van der Waals surface area contributed by atoms with E-state index in [1.807, 2.05) is 12.1 Å². The molecule has 1 amide bonds. The zero-order valence-corrected chi connectivity index (χ0v) is 16.1. The molecule has 0 spiro atoms. The molecule has 25 heavy (non-hydrogen) atoms. The summed E-state index contributed by atoms with van der Waals surface area (Å²) in [6, 6.07) is 4.20. The van der Waals surface area contributed by atoms with Crippen molar-refractivity contribution in [2.24, 2.45) is 0 Å². The number of nitrogens with zero attached hydrogens (tertiary/aromatic N) is 2. The van der Waals surface area contributed by atoms with E-state index in [9.17, 15) is 13.2 Å². The number of amides is 1. The normalized spacial score (nSPS) is 19.3. The van der Waals surface area contributed by atoms with Gasteiger partial charge in [-0.05, 0) is 37.9 Å². The van der Waals surface area contributed by atoms with Gasteiger partial charge < -0.3 is 9.73 Å². The summed E-state index contributed by atoms with van der Waals surface area (Å²) >= 11 is 0. The van der Waals surface area contributed by atoms with Crippen molar-refractivity contribution in [1.29, 1.82) is 0 Å². The molecule has 8 heteroatoms. The Balaban J connectivity index is 1.92. The molecule has 0 saturated carbocycles. The molecule has 2 heterocycles. The molecule has 0 aromatic carbocycles. The third-order valence-electron chi connectivity index (χ3n) is 4.62. The van der Waals surface area contributed by atoms with E-state index in [4.69, 9.17) is 4.42 Å². The van der Waals surface area contributed by atoms with E-state index >= 15 is 0 Å². The second-order valence-corrected chi connectivity index (χ2v) is 8.87. The predicted molar refractivity (Wildman–Crippen MR) is 96.4 cm³/mol. The summed E-state index contributed by atoms with van der Waals surface area (Å²) in [7, 11) is -1.67. The number of furan rings is 1. The highest BCUT2D eigenvalue weighted by molar-refractivity contribution is 7.88. The Hall–Kier alpha value is -1.38. The van der Waals surface area contributed by atoms with Crippen LogP contribution in [0.15, 0.2) is 16.5 Å². The van der Waals surface area contributed by atoms with Gasteiger partial charge in [0.2, 0.25) is 15.9 Å². The van der Waals surface area contributed by atoms with Crippen LogP contribution >= 0.6 is 0 Å². The molecule has 0 bridgehead atoms. The van der Waals surface area contributed by atoms with Gasteiger partial charge in [-0.25, -0.2) is 8.42 Å². The van der Waals surface area contributed by atoms with Crippen molar-refractivity contribution in [3.05, 3.63) is 23.7 Å². The molecular weight excluding hydrogens is 342 g/mol. The van der Waals surface area contributed by atoms with Crippen molar-refractivity contribution >= 4 is 15.9 Å². The number of likely N-dealkylation sites (tertiary alicyclic amines) is 1. The highest BCUT2D eigenvalue weighted by Gasteiger charge is 2.23. The van der Waals surface area contributed by atoms with E-state index in [-0.39, 0.29) is 12.5 Å². The Labute approximate surface area is 150 Å². The third kappa shape index (κ3) is 6.45. The lowest BCUT2D eigenvalue weighted by Gasteiger charge is -2.35. The molecule has 1 aromatic rings. The SMILES string of the molecule is CC(=O)NCC[C@@H]1CCCCN1Cc1ccc(CN(C)S(C)(=O)=O)o1. The number of carbonyl (C=O) groups excluding carboxylic acids is 1. The molecule has 0 radical (unpaired) electrons. The smallest absolute Gasteiger partial charge is 0.216 e. The maximum absolute atomic E-state index is 11.5. The minimum Gasteiger partial charge on any atom is -0.463 e. The van der Waals surface area contributed by atoms with Crippen LogP contribution in [0.1, 0.15) is 44.1 Å². The van der Waals surface area contributed by atoms with Crippen LogP contribution < -0.4 is 5.32 Å². The van der Waals surface area contributed by atoms with Crippen molar-refractivity contribution in [2.75, 3.05) is 26.4 Å².